The van der Waals surface area contributed by atoms with Crippen LogP contribution in [0.25, 0.3) is 10.9 Å². The third-order valence-electron chi connectivity index (χ3n) is 3.86. The molecule has 0 fully saturated rings. The third-order valence-corrected chi connectivity index (χ3v) is 4.12. The second-order valence-electron chi connectivity index (χ2n) is 5.32. The Balaban J connectivity index is 2.20. The molecule has 0 radical (unpaired) electrons. The summed E-state index contributed by atoms with van der Waals surface area (Å²) in [7, 11) is 0. The van der Waals surface area contributed by atoms with Gasteiger partial charge in [-0.15, -0.1) is 0 Å². The van der Waals surface area contributed by atoms with Gasteiger partial charge in [0.2, 0.25) is 0 Å². The second kappa shape index (κ2) is 5.93. The van der Waals surface area contributed by atoms with Gasteiger partial charge >= 0.3 is 5.69 Å². The van der Waals surface area contributed by atoms with E-state index >= 15 is 0 Å². The van der Waals surface area contributed by atoms with Gasteiger partial charge < -0.3 is 4.98 Å². The van der Waals surface area contributed by atoms with Crippen LogP contribution in [0.5, 0.6) is 0 Å². The van der Waals surface area contributed by atoms with Gasteiger partial charge in [-0.1, -0.05) is 23.7 Å². The number of H-pyrrole nitrogens is 1. The molecule has 1 heterocycles. The number of halogens is 1. The van der Waals surface area contributed by atoms with Gasteiger partial charge in [0.25, 0.3) is 11.2 Å². The molecule has 0 aliphatic carbocycles. The van der Waals surface area contributed by atoms with Crippen LogP contribution in [0.3, 0.4) is 0 Å². The van der Waals surface area contributed by atoms with E-state index in [0.717, 1.165) is 10.1 Å². The number of aromatic nitrogens is 2. The van der Waals surface area contributed by atoms with Crippen LogP contribution in [0.2, 0.25) is 5.02 Å². The van der Waals surface area contributed by atoms with E-state index in [1.54, 1.807) is 31.2 Å². The lowest BCUT2D eigenvalue weighted by atomic mass is 10.1. The second-order valence-corrected chi connectivity index (χ2v) is 5.76. The Kier molecular flexibility index (Phi) is 3.94. The average Bonchev–Trinajstić information content (AvgIpc) is 2.54. The van der Waals surface area contributed by atoms with Gasteiger partial charge in [0.15, 0.2) is 0 Å². The summed E-state index contributed by atoms with van der Waals surface area (Å²) in [4.78, 5) is 37.8. The Morgan fingerprint density at radius 1 is 1.17 bits per heavy atom. The number of nitrogens with zero attached hydrogens (tertiary/aromatic N) is 2. The lowest BCUT2D eigenvalue weighted by Crippen LogP contribution is -2.37. The fraction of sp³-hybridized carbons (Fsp3) is 0.125. The molecule has 0 saturated heterocycles. The topological polar surface area (TPSA) is 98.0 Å². The van der Waals surface area contributed by atoms with E-state index in [-0.39, 0.29) is 16.6 Å². The number of nitro benzene ring substituents is 1. The number of rotatable bonds is 3. The van der Waals surface area contributed by atoms with Crippen molar-refractivity contribution >= 4 is 28.2 Å². The predicted octanol–water partition coefficient (Wildman–Crippen LogP) is 2.86. The highest BCUT2D eigenvalue weighted by atomic mass is 35.5. The molecule has 0 aliphatic rings. The van der Waals surface area contributed by atoms with Crippen molar-refractivity contribution in [3.05, 3.63) is 84.0 Å². The van der Waals surface area contributed by atoms with Crippen LogP contribution in [-0.2, 0) is 0 Å². The van der Waals surface area contributed by atoms with Gasteiger partial charge in [-0.25, -0.2) is 4.79 Å². The molecule has 8 heteroatoms. The highest BCUT2D eigenvalue weighted by Gasteiger charge is 2.17. The molecule has 0 bridgehead atoms. The molecule has 1 atom stereocenters. The molecule has 0 spiro atoms. The minimum atomic E-state index is -0.629. The van der Waals surface area contributed by atoms with Crippen molar-refractivity contribution in [2.24, 2.45) is 0 Å². The zero-order chi connectivity index (χ0) is 17.4. The Hall–Kier alpha value is -2.93. The van der Waals surface area contributed by atoms with Crippen LogP contribution in [0, 0.1) is 10.1 Å². The fourth-order valence-electron chi connectivity index (χ4n) is 2.58. The Labute approximate surface area is 140 Å². The summed E-state index contributed by atoms with van der Waals surface area (Å²) in [5.41, 5.74) is -0.449. The number of non-ortho nitro benzene ring substituents is 1. The first-order valence-electron chi connectivity index (χ1n) is 7.07. The molecule has 1 N–H and O–H groups in total. The minimum Gasteiger partial charge on any atom is -0.306 e. The van der Waals surface area contributed by atoms with Crippen LogP contribution < -0.4 is 11.2 Å². The summed E-state index contributed by atoms with van der Waals surface area (Å²) in [5, 5.41) is 11.6. The highest BCUT2D eigenvalue weighted by Crippen LogP contribution is 2.19. The van der Waals surface area contributed by atoms with Gasteiger partial charge in [0.05, 0.1) is 21.9 Å². The van der Waals surface area contributed by atoms with Crippen LogP contribution in [0.1, 0.15) is 18.5 Å². The molecular weight excluding hydrogens is 334 g/mol. The summed E-state index contributed by atoms with van der Waals surface area (Å²) in [6.07, 6.45) is 0. The molecule has 3 rings (SSSR count). The lowest BCUT2D eigenvalue weighted by Gasteiger charge is -2.15. The molecule has 7 nitrogen and oxygen atoms in total. The van der Waals surface area contributed by atoms with E-state index in [9.17, 15) is 19.7 Å². The molecule has 0 amide bonds. The Morgan fingerprint density at radius 3 is 2.46 bits per heavy atom. The number of fused-ring (bicyclic) bond motifs is 1. The SMILES string of the molecule is CC(c1ccc(Cl)cc1)n1c(=O)[nH]c2cc([N+](=O)[O-])ccc2c1=O. The van der Waals surface area contributed by atoms with E-state index in [1.165, 1.54) is 18.2 Å². The first-order valence-corrected chi connectivity index (χ1v) is 7.44. The summed E-state index contributed by atoms with van der Waals surface area (Å²) in [5.74, 6) is 0. The quantitative estimate of drug-likeness (QED) is 0.583. The zero-order valence-corrected chi connectivity index (χ0v) is 13.3. The molecule has 122 valence electrons. The maximum atomic E-state index is 12.7. The van der Waals surface area contributed by atoms with Crippen LogP contribution >= 0.6 is 11.6 Å². The standard InChI is InChI=1S/C16H12ClN3O4/c1-9(10-2-4-11(17)5-3-10)19-15(21)13-7-6-12(20(23)24)8-14(13)18-16(19)22/h2-9H,1H3,(H,18,22). The van der Waals surface area contributed by atoms with E-state index in [0.29, 0.717) is 5.02 Å². The van der Waals surface area contributed by atoms with E-state index in [1.807, 2.05) is 0 Å². The lowest BCUT2D eigenvalue weighted by molar-refractivity contribution is -0.384. The van der Waals surface area contributed by atoms with E-state index < -0.39 is 22.2 Å². The van der Waals surface area contributed by atoms with Gasteiger partial charge in [-0.05, 0) is 30.7 Å². The van der Waals surface area contributed by atoms with Gasteiger partial charge in [0.1, 0.15) is 0 Å². The van der Waals surface area contributed by atoms with Crippen molar-refractivity contribution in [3.63, 3.8) is 0 Å². The number of hydrogen-bond acceptors (Lipinski definition) is 4. The molecule has 24 heavy (non-hydrogen) atoms. The highest BCUT2D eigenvalue weighted by molar-refractivity contribution is 6.30. The number of aromatic amines is 1. The van der Waals surface area contributed by atoms with Crippen molar-refractivity contribution in [3.8, 4) is 0 Å². The molecule has 0 saturated carbocycles. The maximum Gasteiger partial charge on any atom is 0.329 e. The van der Waals surface area contributed by atoms with E-state index in [4.69, 9.17) is 11.6 Å². The van der Waals surface area contributed by atoms with Crippen molar-refractivity contribution in [2.45, 2.75) is 13.0 Å². The molecule has 0 aliphatic heterocycles. The smallest absolute Gasteiger partial charge is 0.306 e. The zero-order valence-electron chi connectivity index (χ0n) is 12.5. The number of nitro groups is 1. The van der Waals surface area contributed by atoms with Gasteiger partial charge in [0, 0.05) is 17.2 Å². The summed E-state index contributed by atoms with van der Waals surface area (Å²) >= 11 is 5.85. The molecule has 1 unspecified atom stereocenters. The Morgan fingerprint density at radius 2 is 1.83 bits per heavy atom. The molecule has 2 aromatic carbocycles. The molecule has 1 aromatic heterocycles. The third kappa shape index (κ3) is 2.69. The van der Waals surface area contributed by atoms with Crippen molar-refractivity contribution in [2.75, 3.05) is 0 Å². The predicted molar refractivity (Wildman–Crippen MR) is 90.7 cm³/mol. The van der Waals surface area contributed by atoms with Gasteiger partial charge in [-0.2, -0.15) is 0 Å². The summed E-state index contributed by atoms with van der Waals surface area (Å²) in [6, 6.07) is 10.1. The normalized spacial score (nSPS) is 12.2. The average molecular weight is 346 g/mol. The van der Waals surface area contributed by atoms with Crippen molar-refractivity contribution in [1.29, 1.82) is 0 Å². The van der Waals surface area contributed by atoms with E-state index in [2.05, 4.69) is 4.98 Å². The summed E-state index contributed by atoms with van der Waals surface area (Å²) < 4.78 is 1.08. The maximum absolute atomic E-state index is 12.7. The fourth-order valence-corrected chi connectivity index (χ4v) is 2.70. The number of benzene rings is 2. The van der Waals surface area contributed by atoms with Crippen LogP contribution in [0.4, 0.5) is 5.69 Å². The first-order chi connectivity index (χ1) is 11.4. The van der Waals surface area contributed by atoms with Crippen LogP contribution in [0.15, 0.2) is 52.1 Å². The van der Waals surface area contributed by atoms with Crippen molar-refractivity contribution in [1.82, 2.24) is 9.55 Å². The number of nitrogens with one attached hydrogen (secondary N) is 1. The monoisotopic (exact) mass is 345 g/mol. The van der Waals surface area contributed by atoms with Crippen LogP contribution in [-0.4, -0.2) is 14.5 Å². The first kappa shape index (κ1) is 15.9. The Bertz CT molecular complexity index is 1050. The largest absolute Gasteiger partial charge is 0.329 e. The van der Waals surface area contributed by atoms with Crippen molar-refractivity contribution < 1.29 is 4.92 Å². The minimum absolute atomic E-state index is 0.138. The molecular formula is C16H12ClN3O4. The molecule has 3 aromatic rings. The summed E-state index contributed by atoms with van der Waals surface area (Å²) in [6.45, 7) is 1.72. The number of hydrogen-bond donors (Lipinski definition) is 1. The van der Waals surface area contributed by atoms with Gasteiger partial charge in [-0.3, -0.25) is 19.5 Å².